The molecule has 0 radical (unpaired) electrons. The molecular formula is C22H27NO2S. The fourth-order valence-electron chi connectivity index (χ4n) is 3.48. The predicted molar refractivity (Wildman–Crippen MR) is 106 cm³/mol. The third kappa shape index (κ3) is 3.92. The van der Waals surface area contributed by atoms with Gasteiger partial charge < -0.3 is 0 Å². The lowest BCUT2D eigenvalue weighted by Crippen LogP contribution is -2.35. The van der Waals surface area contributed by atoms with Gasteiger partial charge in [0.15, 0.2) is 0 Å². The Morgan fingerprint density at radius 3 is 2.31 bits per heavy atom. The highest BCUT2D eigenvalue weighted by atomic mass is 32.2. The highest BCUT2D eigenvalue weighted by Crippen LogP contribution is 2.33. The zero-order valence-electron chi connectivity index (χ0n) is 15.7. The number of rotatable bonds is 6. The van der Waals surface area contributed by atoms with E-state index in [0.29, 0.717) is 17.4 Å². The molecule has 1 aliphatic carbocycles. The van der Waals surface area contributed by atoms with E-state index in [1.807, 2.05) is 56.3 Å². The molecule has 2 atom stereocenters. The van der Waals surface area contributed by atoms with Crippen LogP contribution in [0.15, 0.2) is 71.1 Å². The minimum absolute atomic E-state index is 0.226. The van der Waals surface area contributed by atoms with Crippen LogP contribution in [-0.2, 0) is 10.0 Å². The number of aryl methyl sites for hydroxylation is 1. The molecule has 4 heteroatoms. The van der Waals surface area contributed by atoms with E-state index in [9.17, 15) is 8.42 Å². The molecule has 0 saturated heterocycles. The van der Waals surface area contributed by atoms with Crippen LogP contribution in [0.4, 0.5) is 0 Å². The average molecular weight is 370 g/mol. The Kier molecular flexibility index (Phi) is 5.64. The summed E-state index contributed by atoms with van der Waals surface area (Å²) < 4.78 is 28.6. The zero-order chi connectivity index (χ0) is 18.7. The molecule has 0 heterocycles. The van der Waals surface area contributed by atoms with Crippen molar-refractivity contribution in [3.8, 4) is 0 Å². The second kappa shape index (κ2) is 7.77. The van der Waals surface area contributed by atoms with Crippen LogP contribution in [0.2, 0.25) is 0 Å². The van der Waals surface area contributed by atoms with Crippen molar-refractivity contribution in [2.45, 2.75) is 44.6 Å². The first-order valence-electron chi connectivity index (χ1n) is 9.22. The van der Waals surface area contributed by atoms with E-state index in [0.717, 1.165) is 24.0 Å². The second-order valence-corrected chi connectivity index (χ2v) is 9.10. The maximum Gasteiger partial charge on any atom is 0.243 e. The van der Waals surface area contributed by atoms with Crippen molar-refractivity contribution in [3.05, 3.63) is 77.4 Å². The Labute approximate surface area is 157 Å². The minimum Gasteiger partial charge on any atom is -0.207 e. The smallest absolute Gasteiger partial charge is 0.207 e. The molecule has 138 valence electrons. The number of hydrogen-bond donors (Lipinski definition) is 0. The molecule has 0 amide bonds. The summed E-state index contributed by atoms with van der Waals surface area (Å²) in [5.41, 5.74) is 3.29. The van der Waals surface area contributed by atoms with Crippen molar-refractivity contribution in [1.29, 1.82) is 0 Å². The van der Waals surface area contributed by atoms with Gasteiger partial charge in [-0.3, -0.25) is 0 Å². The molecule has 0 spiro atoms. The van der Waals surface area contributed by atoms with Crippen molar-refractivity contribution < 1.29 is 8.42 Å². The molecule has 3 rings (SSSR count). The van der Waals surface area contributed by atoms with Crippen LogP contribution in [0, 0.1) is 12.8 Å². The van der Waals surface area contributed by atoms with Crippen LogP contribution in [0.1, 0.15) is 43.9 Å². The summed E-state index contributed by atoms with van der Waals surface area (Å²) in [4.78, 5) is 0.358. The number of nitrogens with zero attached hydrogens (tertiary/aromatic N) is 1. The number of sulfonamides is 1. The van der Waals surface area contributed by atoms with Gasteiger partial charge in [-0.15, -0.1) is 0 Å². The van der Waals surface area contributed by atoms with Gasteiger partial charge in [0.1, 0.15) is 0 Å². The van der Waals surface area contributed by atoms with Gasteiger partial charge in [0.25, 0.3) is 0 Å². The van der Waals surface area contributed by atoms with Gasteiger partial charge in [0.2, 0.25) is 10.0 Å². The average Bonchev–Trinajstić information content (AvgIpc) is 3.05. The van der Waals surface area contributed by atoms with Crippen LogP contribution < -0.4 is 0 Å². The van der Waals surface area contributed by atoms with Crippen molar-refractivity contribution in [3.63, 3.8) is 0 Å². The molecule has 0 unspecified atom stereocenters. The molecule has 0 N–H and O–H groups in total. The molecule has 0 bridgehead atoms. The van der Waals surface area contributed by atoms with E-state index in [-0.39, 0.29) is 6.04 Å². The Morgan fingerprint density at radius 2 is 1.73 bits per heavy atom. The summed E-state index contributed by atoms with van der Waals surface area (Å²) >= 11 is 0. The Balaban J connectivity index is 2.00. The van der Waals surface area contributed by atoms with Crippen LogP contribution >= 0.6 is 0 Å². The van der Waals surface area contributed by atoms with E-state index < -0.39 is 10.0 Å². The monoisotopic (exact) mass is 369 g/mol. The third-order valence-corrected chi connectivity index (χ3v) is 7.25. The van der Waals surface area contributed by atoms with Gasteiger partial charge >= 0.3 is 0 Å². The van der Waals surface area contributed by atoms with Gasteiger partial charge in [-0.05, 0) is 50.3 Å². The zero-order valence-corrected chi connectivity index (χ0v) is 16.5. The standard InChI is InChI=1S/C22H27NO2S/c1-17-12-14-22(15-13-17)26(24,25)23(16-21-11-7-8-18(21)2)19(3)20-9-5-4-6-10-20/h4-6,9-15,18-19H,7-8,16H2,1-3H3/t18-,19-/m0/s1. The Bertz CT molecular complexity index is 870. The molecule has 0 aliphatic heterocycles. The SMILES string of the molecule is Cc1ccc(S(=O)(=O)N(CC2=CCC[C@@H]2C)[C@@H](C)c2ccccc2)cc1. The summed E-state index contributed by atoms with van der Waals surface area (Å²) in [5, 5.41) is 0. The van der Waals surface area contributed by atoms with Crippen LogP contribution in [0.5, 0.6) is 0 Å². The van der Waals surface area contributed by atoms with Crippen molar-refractivity contribution in [2.24, 2.45) is 5.92 Å². The van der Waals surface area contributed by atoms with Crippen LogP contribution in [0.25, 0.3) is 0 Å². The highest BCUT2D eigenvalue weighted by Gasteiger charge is 2.32. The fraction of sp³-hybridized carbons (Fsp3) is 0.364. The lowest BCUT2D eigenvalue weighted by atomic mass is 10.0. The quantitative estimate of drug-likeness (QED) is 0.664. The summed E-state index contributed by atoms with van der Waals surface area (Å²) in [6.45, 7) is 6.57. The number of hydrogen-bond acceptors (Lipinski definition) is 2. The van der Waals surface area contributed by atoms with Crippen LogP contribution in [-0.4, -0.2) is 19.3 Å². The minimum atomic E-state index is -3.58. The Hall–Kier alpha value is -1.91. The van der Waals surface area contributed by atoms with Gasteiger partial charge in [0, 0.05) is 12.6 Å². The van der Waals surface area contributed by atoms with E-state index in [4.69, 9.17) is 0 Å². The highest BCUT2D eigenvalue weighted by molar-refractivity contribution is 7.89. The normalized spacial score (nSPS) is 18.8. The topological polar surface area (TPSA) is 37.4 Å². The van der Waals surface area contributed by atoms with Crippen molar-refractivity contribution in [2.75, 3.05) is 6.54 Å². The first-order valence-corrected chi connectivity index (χ1v) is 10.7. The predicted octanol–water partition coefficient (Wildman–Crippen LogP) is 5.10. The Morgan fingerprint density at radius 1 is 1.08 bits per heavy atom. The van der Waals surface area contributed by atoms with E-state index >= 15 is 0 Å². The van der Waals surface area contributed by atoms with Crippen molar-refractivity contribution >= 4 is 10.0 Å². The maximum absolute atomic E-state index is 13.5. The van der Waals surface area contributed by atoms with Gasteiger partial charge in [0.05, 0.1) is 4.90 Å². The molecule has 1 aliphatic rings. The molecule has 3 nitrogen and oxygen atoms in total. The lowest BCUT2D eigenvalue weighted by Gasteiger charge is -2.30. The first kappa shape index (κ1) is 18.9. The molecule has 26 heavy (non-hydrogen) atoms. The molecule has 0 aromatic heterocycles. The summed E-state index contributed by atoms with van der Waals surface area (Å²) in [7, 11) is -3.58. The molecule has 0 saturated carbocycles. The first-order chi connectivity index (χ1) is 12.4. The molecular weight excluding hydrogens is 342 g/mol. The second-order valence-electron chi connectivity index (χ2n) is 7.21. The maximum atomic E-state index is 13.5. The largest absolute Gasteiger partial charge is 0.243 e. The summed E-state index contributed by atoms with van der Waals surface area (Å²) in [5.74, 6) is 0.439. The van der Waals surface area contributed by atoms with E-state index in [1.165, 1.54) is 5.57 Å². The fourth-order valence-corrected chi connectivity index (χ4v) is 5.09. The lowest BCUT2D eigenvalue weighted by molar-refractivity contribution is 0.356. The number of benzene rings is 2. The van der Waals surface area contributed by atoms with E-state index in [2.05, 4.69) is 13.0 Å². The number of allylic oxidation sites excluding steroid dienone is 1. The third-order valence-electron chi connectivity index (χ3n) is 5.32. The summed E-state index contributed by atoms with van der Waals surface area (Å²) in [6, 6.07) is 16.8. The van der Waals surface area contributed by atoms with Gasteiger partial charge in [-0.1, -0.05) is 66.6 Å². The molecule has 2 aromatic carbocycles. The van der Waals surface area contributed by atoms with Crippen LogP contribution in [0.3, 0.4) is 0 Å². The van der Waals surface area contributed by atoms with E-state index in [1.54, 1.807) is 16.4 Å². The molecule has 2 aromatic rings. The van der Waals surface area contributed by atoms with Gasteiger partial charge in [-0.25, -0.2) is 8.42 Å². The molecule has 0 fully saturated rings. The van der Waals surface area contributed by atoms with Gasteiger partial charge in [-0.2, -0.15) is 4.31 Å². The summed E-state index contributed by atoms with van der Waals surface area (Å²) in [6.07, 6.45) is 4.35. The van der Waals surface area contributed by atoms with Crippen molar-refractivity contribution in [1.82, 2.24) is 4.31 Å².